The van der Waals surface area contributed by atoms with Gasteiger partial charge in [0.15, 0.2) is 0 Å². The van der Waals surface area contributed by atoms with Crippen LogP contribution in [0.4, 0.5) is 5.69 Å². The first-order chi connectivity index (χ1) is 8.92. The second-order valence-corrected chi connectivity index (χ2v) is 6.99. The molecule has 0 fully saturated rings. The normalized spacial score (nSPS) is 12.0. The molecule has 0 bridgehead atoms. The number of aromatic nitrogens is 2. The minimum atomic E-state index is -3.62. The van der Waals surface area contributed by atoms with Gasteiger partial charge in [-0.3, -0.25) is 9.40 Å². The highest BCUT2D eigenvalue weighted by Gasteiger charge is 2.17. The maximum Gasteiger partial charge on any atom is 0.262 e. The first-order valence-corrected chi connectivity index (χ1v) is 8.04. The Labute approximate surface area is 115 Å². The van der Waals surface area contributed by atoms with Crippen LogP contribution < -0.4 is 4.72 Å². The lowest BCUT2D eigenvalue weighted by Gasteiger charge is -2.04. The summed E-state index contributed by atoms with van der Waals surface area (Å²) in [5.74, 6) is 0. The number of sulfonamides is 1. The summed E-state index contributed by atoms with van der Waals surface area (Å²) in [5, 5.41) is 14.5. The molecule has 2 aromatic heterocycles. The maximum atomic E-state index is 12.1. The fraction of sp³-hybridized carbons (Fsp3) is 0.364. The van der Waals surface area contributed by atoms with E-state index in [-0.39, 0.29) is 17.5 Å². The fourth-order valence-electron chi connectivity index (χ4n) is 1.47. The van der Waals surface area contributed by atoms with Crippen molar-refractivity contribution < 1.29 is 13.5 Å². The molecule has 0 aromatic carbocycles. The molecule has 0 unspecified atom stereocenters. The Morgan fingerprint density at radius 3 is 2.79 bits per heavy atom. The summed E-state index contributed by atoms with van der Waals surface area (Å²) in [5.41, 5.74) is 0.422. The summed E-state index contributed by atoms with van der Waals surface area (Å²) < 4.78 is 28.3. The van der Waals surface area contributed by atoms with E-state index in [0.717, 1.165) is 0 Å². The van der Waals surface area contributed by atoms with Crippen molar-refractivity contribution >= 4 is 27.0 Å². The van der Waals surface area contributed by atoms with E-state index in [1.165, 1.54) is 29.0 Å². The van der Waals surface area contributed by atoms with Crippen molar-refractivity contribution in [3.05, 3.63) is 28.7 Å². The van der Waals surface area contributed by atoms with Crippen LogP contribution in [0.25, 0.3) is 0 Å². The number of rotatable bonds is 5. The van der Waals surface area contributed by atoms with E-state index in [9.17, 15) is 8.42 Å². The van der Waals surface area contributed by atoms with Gasteiger partial charge in [-0.2, -0.15) is 5.10 Å². The molecule has 0 radical (unpaired) electrons. The van der Waals surface area contributed by atoms with Crippen LogP contribution in [-0.4, -0.2) is 23.3 Å². The second kappa shape index (κ2) is 5.32. The molecule has 0 aliphatic carbocycles. The summed E-state index contributed by atoms with van der Waals surface area (Å²) in [4.78, 5) is 0.761. The van der Waals surface area contributed by atoms with Gasteiger partial charge in [0.05, 0.1) is 23.4 Å². The minimum Gasteiger partial charge on any atom is -0.391 e. The zero-order chi connectivity index (χ0) is 14.0. The third kappa shape index (κ3) is 3.14. The Kier molecular flexibility index (Phi) is 3.93. The lowest BCUT2D eigenvalue weighted by molar-refractivity contribution is 0.285. The first-order valence-electron chi connectivity index (χ1n) is 5.67. The highest BCUT2D eigenvalue weighted by Crippen LogP contribution is 2.22. The zero-order valence-corrected chi connectivity index (χ0v) is 12.2. The Morgan fingerprint density at radius 1 is 1.53 bits per heavy atom. The van der Waals surface area contributed by atoms with Crippen molar-refractivity contribution in [1.29, 1.82) is 0 Å². The van der Waals surface area contributed by atoms with Gasteiger partial charge in [0.1, 0.15) is 0 Å². The van der Waals surface area contributed by atoms with Gasteiger partial charge in [0.2, 0.25) is 0 Å². The van der Waals surface area contributed by atoms with Crippen molar-refractivity contribution in [1.82, 2.24) is 9.78 Å². The molecule has 2 aromatic rings. The van der Waals surface area contributed by atoms with Crippen LogP contribution in [0, 0.1) is 0 Å². The summed E-state index contributed by atoms with van der Waals surface area (Å²) in [6.07, 6.45) is 3.11. The van der Waals surface area contributed by atoms with Crippen molar-refractivity contribution in [2.45, 2.75) is 31.4 Å². The lowest BCUT2D eigenvalue weighted by atomic mass is 10.4. The average molecular weight is 301 g/mol. The number of aliphatic hydroxyl groups is 1. The zero-order valence-electron chi connectivity index (χ0n) is 10.6. The van der Waals surface area contributed by atoms with Crippen LogP contribution in [0.5, 0.6) is 0 Å². The van der Waals surface area contributed by atoms with E-state index >= 15 is 0 Å². The third-order valence-electron chi connectivity index (χ3n) is 2.48. The predicted molar refractivity (Wildman–Crippen MR) is 73.7 cm³/mol. The molecule has 0 saturated carbocycles. The van der Waals surface area contributed by atoms with E-state index < -0.39 is 10.0 Å². The first kappa shape index (κ1) is 14.0. The molecule has 2 rings (SSSR count). The number of nitrogens with one attached hydrogen (secondary N) is 1. The van der Waals surface area contributed by atoms with Crippen LogP contribution in [0.15, 0.2) is 28.7 Å². The average Bonchev–Trinajstić information content (AvgIpc) is 2.96. The Balaban J connectivity index is 2.20. The summed E-state index contributed by atoms with van der Waals surface area (Å²) in [6, 6.07) is 1.63. The van der Waals surface area contributed by atoms with Gasteiger partial charge in [0, 0.05) is 22.5 Å². The molecule has 0 amide bonds. The molecule has 0 saturated heterocycles. The van der Waals surface area contributed by atoms with Gasteiger partial charge >= 0.3 is 0 Å². The van der Waals surface area contributed by atoms with Crippen LogP contribution in [0.1, 0.15) is 24.8 Å². The standard InChI is InChI=1S/C11H15N3O3S2/c1-8(2)14-5-9(4-12-14)13-19(16,17)11-3-10(6-15)18-7-11/h3-5,7-8,13,15H,6H2,1-2H3. The molecule has 6 nitrogen and oxygen atoms in total. The summed E-state index contributed by atoms with van der Waals surface area (Å²) in [6.45, 7) is 3.75. The molecule has 19 heavy (non-hydrogen) atoms. The van der Waals surface area contributed by atoms with Crippen molar-refractivity contribution in [3.63, 3.8) is 0 Å². The van der Waals surface area contributed by atoms with E-state index in [2.05, 4.69) is 9.82 Å². The molecule has 0 spiro atoms. The monoisotopic (exact) mass is 301 g/mol. The predicted octanol–water partition coefficient (Wildman–Crippen LogP) is 1.82. The van der Waals surface area contributed by atoms with Gasteiger partial charge in [0.25, 0.3) is 10.0 Å². The molecule has 0 aliphatic heterocycles. The highest BCUT2D eigenvalue weighted by atomic mass is 32.2. The number of hydrogen-bond acceptors (Lipinski definition) is 5. The molecule has 0 aliphatic rings. The Morgan fingerprint density at radius 2 is 2.26 bits per heavy atom. The second-order valence-electron chi connectivity index (χ2n) is 4.32. The molecule has 8 heteroatoms. The number of nitrogens with zero attached hydrogens (tertiary/aromatic N) is 2. The van der Waals surface area contributed by atoms with Crippen LogP contribution in [-0.2, 0) is 16.6 Å². The van der Waals surface area contributed by atoms with Crippen molar-refractivity contribution in [2.75, 3.05) is 4.72 Å². The number of aliphatic hydroxyl groups excluding tert-OH is 1. The van der Waals surface area contributed by atoms with Gasteiger partial charge in [-0.25, -0.2) is 8.42 Å². The van der Waals surface area contributed by atoms with E-state index in [4.69, 9.17) is 5.11 Å². The largest absolute Gasteiger partial charge is 0.391 e. The van der Waals surface area contributed by atoms with Gasteiger partial charge < -0.3 is 5.11 Å². The van der Waals surface area contributed by atoms with E-state index in [1.807, 2.05) is 13.8 Å². The molecular formula is C11H15N3O3S2. The minimum absolute atomic E-state index is 0.152. The lowest BCUT2D eigenvalue weighted by Crippen LogP contribution is -2.11. The van der Waals surface area contributed by atoms with Gasteiger partial charge in [-0.1, -0.05) is 0 Å². The highest BCUT2D eigenvalue weighted by molar-refractivity contribution is 7.92. The van der Waals surface area contributed by atoms with Crippen LogP contribution in [0.2, 0.25) is 0 Å². The number of thiophene rings is 1. The third-order valence-corrected chi connectivity index (χ3v) is 4.91. The van der Waals surface area contributed by atoms with E-state index in [0.29, 0.717) is 10.6 Å². The van der Waals surface area contributed by atoms with Gasteiger partial charge in [-0.05, 0) is 19.9 Å². The molecule has 0 atom stereocenters. The topological polar surface area (TPSA) is 84.2 Å². The number of anilines is 1. The quantitative estimate of drug-likeness (QED) is 0.882. The van der Waals surface area contributed by atoms with Crippen molar-refractivity contribution in [3.8, 4) is 0 Å². The molecular weight excluding hydrogens is 286 g/mol. The van der Waals surface area contributed by atoms with Crippen molar-refractivity contribution in [2.24, 2.45) is 0 Å². The van der Waals surface area contributed by atoms with Crippen LogP contribution >= 0.6 is 11.3 Å². The maximum absolute atomic E-state index is 12.1. The SMILES string of the molecule is CC(C)n1cc(NS(=O)(=O)c2csc(CO)c2)cn1. The van der Waals surface area contributed by atoms with E-state index in [1.54, 1.807) is 10.9 Å². The summed E-state index contributed by atoms with van der Waals surface area (Å²) >= 11 is 1.21. The number of hydrogen-bond donors (Lipinski definition) is 2. The smallest absolute Gasteiger partial charge is 0.262 e. The molecule has 2 heterocycles. The Hall–Kier alpha value is -1.38. The summed E-state index contributed by atoms with van der Waals surface area (Å²) in [7, 11) is -3.62. The van der Waals surface area contributed by atoms with Gasteiger partial charge in [-0.15, -0.1) is 11.3 Å². The van der Waals surface area contributed by atoms with Crippen LogP contribution in [0.3, 0.4) is 0 Å². The Bertz CT molecular complexity index is 658. The molecule has 104 valence electrons. The fourth-order valence-corrected chi connectivity index (χ4v) is 3.63. The molecule has 2 N–H and O–H groups in total.